The number of urea groups is 1. The molecule has 0 radical (unpaired) electrons. The zero-order valence-electron chi connectivity index (χ0n) is 18.9. The summed E-state index contributed by atoms with van der Waals surface area (Å²) >= 11 is 6.18. The number of ether oxygens (including phenoxy) is 1. The van der Waals surface area contributed by atoms with Crippen molar-refractivity contribution >= 4 is 29.2 Å². The highest BCUT2D eigenvalue weighted by molar-refractivity contribution is 6.31. The van der Waals surface area contributed by atoms with Crippen molar-refractivity contribution in [3.8, 4) is 0 Å². The molecule has 0 aliphatic carbocycles. The van der Waals surface area contributed by atoms with E-state index in [-0.39, 0.29) is 18.5 Å². The highest BCUT2D eigenvalue weighted by Gasteiger charge is 2.22. The predicted molar refractivity (Wildman–Crippen MR) is 124 cm³/mol. The normalized spacial score (nSPS) is 10.7. The van der Waals surface area contributed by atoms with Crippen LogP contribution in [0.3, 0.4) is 0 Å². The third kappa shape index (κ3) is 7.60. The molecule has 170 valence electrons. The van der Waals surface area contributed by atoms with Crippen LogP contribution in [-0.4, -0.2) is 59.7 Å². The van der Waals surface area contributed by atoms with Gasteiger partial charge in [0.05, 0.1) is 13.2 Å². The standard InChI is InChI=1S/C23H33ClN4O3/c1-5-6-12-28(23(30)25-19-10-9-18(2)21(24)15-19)17-22(29)27(13-14-31-4)16-20-8-7-11-26(20)3/h7-11,15H,5-6,12-14,16-17H2,1-4H3,(H,25,30). The van der Waals surface area contributed by atoms with Gasteiger partial charge in [-0.2, -0.15) is 0 Å². The lowest BCUT2D eigenvalue weighted by Gasteiger charge is -2.28. The second kappa shape index (κ2) is 12.4. The van der Waals surface area contributed by atoms with Crippen LogP contribution in [-0.2, 0) is 23.1 Å². The Labute approximate surface area is 189 Å². The molecule has 0 atom stereocenters. The average Bonchev–Trinajstić information content (AvgIpc) is 3.15. The Kier molecular flexibility index (Phi) is 9.88. The zero-order chi connectivity index (χ0) is 22.8. The second-order valence-electron chi connectivity index (χ2n) is 7.59. The number of unbranched alkanes of at least 4 members (excludes halogenated alkanes) is 1. The number of carbonyl (C=O) groups excluding carboxylic acids is 2. The van der Waals surface area contributed by atoms with E-state index in [2.05, 4.69) is 12.2 Å². The summed E-state index contributed by atoms with van der Waals surface area (Å²) in [6.07, 6.45) is 3.68. The Hall–Kier alpha value is -2.51. The summed E-state index contributed by atoms with van der Waals surface area (Å²) in [5, 5.41) is 3.45. The SMILES string of the molecule is CCCCN(CC(=O)N(CCOC)Cc1cccn1C)C(=O)Nc1ccc(C)c(Cl)c1. The van der Waals surface area contributed by atoms with E-state index in [0.717, 1.165) is 24.1 Å². The van der Waals surface area contributed by atoms with Gasteiger partial charge < -0.3 is 24.4 Å². The average molecular weight is 449 g/mol. The monoisotopic (exact) mass is 448 g/mol. The maximum absolute atomic E-state index is 13.1. The highest BCUT2D eigenvalue weighted by atomic mass is 35.5. The molecular weight excluding hydrogens is 416 g/mol. The molecule has 0 spiro atoms. The van der Waals surface area contributed by atoms with E-state index >= 15 is 0 Å². The van der Waals surface area contributed by atoms with Gasteiger partial charge in [0.2, 0.25) is 5.91 Å². The van der Waals surface area contributed by atoms with Crippen molar-refractivity contribution < 1.29 is 14.3 Å². The fourth-order valence-corrected chi connectivity index (χ4v) is 3.27. The number of methoxy groups -OCH3 is 1. The van der Waals surface area contributed by atoms with Crippen molar-refractivity contribution in [2.75, 3.05) is 38.7 Å². The molecule has 0 aliphatic heterocycles. The Balaban J connectivity index is 2.11. The van der Waals surface area contributed by atoms with Crippen molar-refractivity contribution in [3.63, 3.8) is 0 Å². The molecule has 0 aliphatic rings. The zero-order valence-corrected chi connectivity index (χ0v) is 19.6. The van der Waals surface area contributed by atoms with Crippen molar-refractivity contribution in [1.29, 1.82) is 0 Å². The van der Waals surface area contributed by atoms with E-state index in [0.29, 0.717) is 37.0 Å². The third-order valence-corrected chi connectivity index (χ3v) is 5.55. The van der Waals surface area contributed by atoms with Gasteiger partial charge in [0, 0.05) is 49.8 Å². The molecule has 0 fully saturated rings. The number of anilines is 1. The molecule has 31 heavy (non-hydrogen) atoms. The van der Waals surface area contributed by atoms with Crippen molar-refractivity contribution in [2.45, 2.75) is 33.2 Å². The smallest absolute Gasteiger partial charge is 0.322 e. The largest absolute Gasteiger partial charge is 0.383 e. The van der Waals surface area contributed by atoms with Crippen molar-refractivity contribution in [1.82, 2.24) is 14.4 Å². The number of aryl methyl sites for hydroxylation is 2. The molecule has 2 rings (SSSR count). The van der Waals surface area contributed by atoms with Crippen LogP contribution in [0.25, 0.3) is 0 Å². The summed E-state index contributed by atoms with van der Waals surface area (Å²) in [5.74, 6) is -0.119. The first kappa shape index (κ1) is 24.8. The van der Waals surface area contributed by atoms with Crippen LogP contribution in [0.15, 0.2) is 36.5 Å². The van der Waals surface area contributed by atoms with Gasteiger partial charge in [-0.05, 0) is 43.2 Å². The quantitative estimate of drug-likeness (QED) is 0.557. The van der Waals surface area contributed by atoms with Gasteiger partial charge in [-0.1, -0.05) is 31.0 Å². The summed E-state index contributed by atoms with van der Waals surface area (Å²) < 4.78 is 7.16. The van der Waals surface area contributed by atoms with Crippen LogP contribution >= 0.6 is 11.6 Å². The van der Waals surface area contributed by atoms with Crippen LogP contribution in [0.1, 0.15) is 31.0 Å². The number of aromatic nitrogens is 1. The molecule has 8 heteroatoms. The Morgan fingerprint density at radius 3 is 2.58 bits per heavy atom. The molecule has 0 saturated carbocycles. The highest BCUT2D eigenvalue weighted by Crippen LogP contribution is 2.20. The lowest BCUT2D eigenvalue weighted by molar-refractivity contribution is -0.133. The minimum absolute atomic E-state index is 0.000433. The van der Waals surface area contributed by atoms with Crippen LogP contribution in [0, 0.1) is 6.92 Å². The molecular formula is C23H33ClN4O3. The molecule has 0 bridgehead atoms. The van der Waals surface area contributed by atoms with E-state index < -0.39 is 0 Å². The summed E-state index contributed by atoms with van der Waals surface area (Å²) in [6, 6.07) is 8.99. The first-order valence-corrected chi connectivity index (χ1v) is 10.9. The Bertz CT molecular complexity index is 868. The van der Waals surface area contributed by atoms with Crippen LogP contribution < -0.4 is 5.32 Å². The first-order valence-electron chi connectivity index (χ1n) is 10.5. The summed E-state index contributed by atoms with van der Waals surface area (Å²) in [4.78, 5) is 29.4. The summed E-state index contributed by atoms with van der Waals surface area (Å²) in [7, 11) is 3.56. The first-order chi connectivity index (χ1) is 14.8. The Morgan fingerprint density at radius 2 is 1.97 bits per heavy atom. The van der Waals surface area contributed by atoms with Gasteiger partial charge in [0.1, 0.15) is 6.54 Å². The number of halogens is 1. The van der Waals surface area contributed by atoms with Crippen molar-refractivity contribution in [3.05, 3.63) is 52.8 Å². The van der Waals surface area contributed by atoms with Gasteiger partial charge in [-0.3, -0.25) is 4.79 Å². The van der Waals surface area contributed by atoms with E-state index in [4.69, 9.17) is 16.3 Å². The molecule has 0 saturated heterocycles. The van der Waals surface area contributed by atoms with E-state index in [1.165, 1.54) is 0 Å². The lowest BCUT2D eigenvalue weighted by Crippen LogP contribution is -2.45. The fraction of sp³-hybridized carbons (Fsp3) is 0.478. The van der Waals surface area contributed by atoms with Gasteiger partial charge in [0.15, 0.2) is 0 Å². The maximum atomic E-state index is 13.1. The number of hydrogen-bond donors (Lipinski definition) is 1. The topological polar surface area (TPSA) is 66.8 Å². The van der Waals surface area contributed by atoms with Crippen LogP contribution in [0.5, 0.6) is 0 Å². The minimum Gasteiger partial charge on any atom is -0.383 e. The molecule has 0 unspecified atom stereocenters. The number of hydrogen-bond acceptors (Lipinski definition) is 3. The molecule has 1 aromatic heterocycles. The van der Waals surface area contributed by atoms with Gasteiger partial charge in [0.25, 0.3) is 0 Å². The molecule has 7 nitrogen and oxygen atoms in total. The fourth-order valence-electron chi connectivity index (χ4n) is 3.09. The number of nitrogens with zero attached hydrogens (tertiary/aromatic N) is 3. The second-order valence-corrected chi connectivity index (χ2v) is 7.99. The molecule has 1 N–H and O–H groups in total. The predicted octanol–water partition coefficient (Wildman–Crippen LogP) is 4.30. The number of benzene rings is 1. The number of nitrogens with one attached hydrogen (secondary N) is 1. The van der Waals surface area contributed by atoms with Crippen LogP contribution in [0.2, 0.25) is 5.02 Å². The number of rotatable bonds is 11. The van der Waals surface area contributed by atoms with Crippen LogP contribution in [0.4, 0.5) is 10.5 Å². The van der Waals surface area contributed by atoms with E-state index in [9.17, 15) is 9.59 Å². The van der Waals surface area contributed by atoms with Gasteiger partial charge >= 0.3 is 6.03 Å². The Morgan fingerprint density at radius 1 is 1.19 bits per heavy atom. The van der Waals surface area contributed by atoms with E-state index in [1.807, 2.05) is 42.9 Å². The van der Waals surface area contributed by atoms with Crippen molar-refractivity contribution in [2.24, 2.45) is 7.05 Å². The molecule has 3 amide bonds. The maximum Gasteiger partial charge on any atom is 0.322 e. The number of amides is 3. The van der Waals surface area contributed by atoms with Gasteiger partial charge in [-0.15, -0.1) is 0 Å². The lowest BCUT2D eigenvalue weighted by atomic mass is 10.2. The molecule has 2 aromatic rings. The van der Waals surface area contributed by atoms with E-state index in [1.54, 1.807) is 29.0 Å². The number of carbonyl (C=O) groups is 2. The van der Waals surface area contributed by atoms with Gasteiger partial charge in [-0.25, -0.2) is 4.79 Å². The third-order valence-electron chi connectivity index (χ3n) is 5.14. The molecule has 1 heterocycles. The minimum atomic E-state index is -0.313. The summed E-state index contributed by atoms with van der Waals surface area (Å²) in [5.41, 5.74) is 2.56. The molecule has 1 aromatic carbocycles. The summed E-state index contributed by atoms with van der Waals surface area (Å²) in [6.45, 7) is 5.80.